The average Bonchev–Trinajstić information content (AvgIpc) is 1.92. The maximum Gasteiger partial charge on any atom is 0.0704 e. The molecule has 2 aliphatic carbocycles. The van der Waals surface area contributed by atoms with Gasteiger partial charge >= 0.3 is 0 Å². The third-order valence-electron chi connectivity index (χ3n) is 4.91. The van der Waals surface area contributed by atoms with Crippen LogP contribution in [-0.4, -0.2) is 0 Å². The fourth-order valence-corrected chi connectivity index (χ4v) is 4.53. The van der Waals surface area contributed by atoms with E-state index in [9.17, 15) is 5.26 Å². The summed E-state index contributed by atoms with van der Waals surface area (Å²) in [7, 11) is 0. The summed E-state index contributed by atoms with van der Waals surface area (Å²) >= 11 is 0. The van der Waals surface area contributed by atoms with Gasteiger partial charge in [0.15, 0.2) is 0 Å². The predicted octanol–water partition coefficient (Wildman–Crippen LogP) is 3.75. The van der Waals surface area contributed by atoms with Gasteiger partial charge in [0.1, 0.15) is 0 Å². The average molecular weight is 191 g/mol. The Kier molecular flexibility index (Phi) is 1.82. The van der Waals surface area contributed by atoms with Gasteiger partial charge in [-0.25, -0.2) is 0 Å². The van der Waals surface area contributed by atoms with Crippen molar-refractivity contribution < 1.29 is 0 Å². The Hall–Kier alpha value is -0.510. The van der Waals surface area contributed by atoms with E-state index in [4.69, 9.17) is 0 Å². The Balaban J connectivity index is 2.38. The van der Waals surface area contributed by atoms with Crippen molar-refractivity contribution in [3.05, 3.63) is 0 Å². The molecule has 2 aliphatic rings. The van der Waals surface area contributed by atoms with Crippen molar-refractivity contribution in [1.29, 1.82) is 5.26 Å². The van der Waals surface area contributed by atoms with E-state index in [-0.39, 0.29) is 16.2 Å². The Morgan fingerprint density at radius 3 is 1.71 bits per heavy atom. The summed E-state index contributed by atoms with van der Waals surface area (Å²) in [6, 6.07) is 2.70. The van der Waals surface area contributed by atoms with Crippen molar-refractivity contribution in [2.75, 3.05) is 0 Å². The number of hydrogen-bond acceptors (Lipinski definition) is 1. The normalized spacial score (nSPS) is 32.5. The lowest BCUT2D eigenvalue weighted by Crippen LogP contribution is -2.64. The molecule has 0 aromatic carbocycles. The van der Waals surface area contributed by atoms with Crippen LogP contribution < -0.4 is 0 Å². The second kappa shape index (κ2) is 2.54. The minimum absolute atomic E-state index is 0.0434. The third kappa shape index (κ3) is 0.853. The zero-order valence-electron chi connectivity index (χ0n) is 9.85. The summed E-state index contributed by atoms with van der Waals surface area (Å²) in [5.41, 5.74) is 0.422. The molecule has 0 N–H and O–H groups in total. The van der Waals surface area contributed by atoms with Gasteiger partial charge in [0.2, 0.25) is 0 Å². The molecular formula is C13H21N. The summed E-state index contributed by atoms with van der Waals surface area (Å²) in [4.78, 5) is 0. The lowest BCUT2D eigenvalue weighted by Gasteiger charge is -2.68. The molecule has 0 aromatic heterocycles. The second-order valence-electron chi connectivity index (χ2n) is 6.49. The van der Waals surface area contributed by atoms with E-state index in [0.717, 1.165) is 0 Å². The van der Waals surface area contributed by atoms with Crippen LogP contribution in [0.3, 0.4) is 0 Å². The molecule has 0 aliphatic heterocycles. The van der Waals surface area contributed by atoms with Crippen molar-refractivity contribution in [2.45, 2.75) is 53.4 Å². The Bertz CT molecular complexity index is 275. The molecule has 2 fully saturated rings. The van der Waals surface area contributed by atoms with Crippen LogP contribution in [-0.2, 0) is 0 Å². The highest BCUT2D eigenvalue weighted by atomic mass is 14.7. The molecule has 0 unspecified atom stereocenters. The van der Waals surface area contributed by atoms with Gasteiger partial charge in [-0.2, -0.15) is 5.26 Å². The largest absolute Gasteiger partial charge is 0.198 e. The third-order valence-corrected chi connectivity index (χ3v) is 4.91. The standard InChI is InChI=1S/C13H21N/c1-11(2)8-12(3,4)13(11,9-14)10-6-5-7-10/h10H,5-8H2,1-4H3. The maximum absolute atomic E-state index is 9.59. The van der Waals surface area contributed by atoms with Gasteiger partial charge in [0.05, 0.1) is 11.5 Å². The fraction of sp³-hybridized carbons (Fsp3) is 0.923. The van der Waals surface area contributed by atoms with Crippen LogP contribution in [0.15, 0.2) is 0 Å². The minimum atomic E-state index is -0.0434. The molecule has 1 heteroatoms. The van der Waals surface area contributed by atoms with Crippen molar-refractivity contribution in [3.63, 3.8) is 0 Å². The molecule has 0 radical (unpaired) electrons. The predicted molar refractivity (Wildman–Crippen MR) is 57.6 cm³/mol. The topological polar surface area (TPSA) is 23.8 Å². The van der Waals surface area contributed by atoms with Crippen LogP contribution in [0.1, 0.15) is 53.4 Å². The van der Waals surface area contributed by atoms with E-state index in [0.29, 0.717) is 5.92 Å². The van der Waals surface area contributed by atoms with Crippen molar-refractivity contribution in [3.8, 4) is 6.07 Å². The highest BCUT2D eigenvalue weighted by molar-refractivity contribution is 5.25. The smallest absolute Gasteiger partial charge is 0.0704 e. The summed E-state index contributed by atoms with van der Waals surface area (Å²) in [5.74, 6) is 0.672. The second-order valence-corrected chi connectivity index (χ2v) is 6.49. The zero-order chi connectivity index (χ0) is 10.6. The Morgan fingerprint density at radius 1 is 1.07 bits per heavy atom. The van der Waals surface area contributed by atoms with Crippen LogP contribution in [0.5, 0.6) is 0 Å². The minimum Gasteiger partial charge on any atom is -0.198 e. The molecule has 0 heterocycles. The number of hydrogen-bond donors (Lipinski definition) is 0. The molecule has 1 nitrogen and oxygen atoms in total. The van der Waals surface area contributed by atoms with E-state index < -0.39 is 0 Å². The molecule has 78 valence electrons. The zero-order valence-corrected chi connectivity index (χ0v) is 9.85. The highest BCUT2D eigenvalue weighted by Crippen LogP contribution is 2.73. The first-order chi connectivity index (χ1) is 6.37. The van der Waals surface area contributed by atoms with Crippen LogP contribution in [0.2, 0.25) is 0 Å². The lowest BCUT2D eigenvalue weighted by molar-refractivity contribution is -0.192. The Labute approximate surface area is 87.5 Å². The van der Waals surface area contributed by atoms with Gasteiger partial charge in [0.25, 0.3) is 0 Å². The number of nitrogens with zero attached hydrogens (tertiary/aromatic N) is 1. The van der Waals surface area contributed by atoms with E-state index in [1.165, 1.54) is 25.7 Å². The van der Waals surface area contributed by atoms with Crippen molar-refractivity contribution in [2.24, 2.45) is 22.2 Å². The summed E-state index contributed by atoms with van der Waals surface area (Å²) in [6.45, 7) is 9.11. The molecule has 2 rings (SSSR count). The molecule has 0 bridgehead atoms. The molecule has 0 aromatic rings. The fourth-order valence-electron chi connectivity index (χ4n) is 4.53. The van der Waals surface area contributed by atoms with Gasteiger partial charge in [-0.05, 0) is 36.0 Å². The molecule has 0 saturated heterocycles. The van der Waals surface area contributed by atoms with Gasteiger partial charge < -0.3 is 0 Å². The first kappa shape index (κ1) is 10.0. The first-order valence-corrected chi connectivity index (χ1v) is 5.79. The molecule has 14 heavy (non-hydrogen) atoms. The summed E-state index contributed by atoms with van der Waals surface area (Å²) in [5, 5.41) is 9.59. The first-order valence-electron chi connectivity index (χ1n) is 5.79. The quantitative estimate of drug-likeness (QED) is 0.619. The van der Waals surface area contributed by atoms with E-state index in [2.05, 4.69) is 33.8 Å². The molecular weight excluding hydrogens is 170 g/mol. The number of rotatable bonds is 1. The molecule has 0 amide bonds. The van der Waals surface area contributed by atoms with Crippen LogP contribution in [0, 0.1) is 33.5 Å². The van der Waals surface area contributed by atoms with Crippen LogP contribution in [0.4, 0.5) is 0 Å². The van der Waals surface area contributed by atoms with E-state index in [1.54, 1.807) is 0 Å². The summed E-state index contributed by atoms with van der Waals surface area (Å²) in [6.07, 6.45) is 5.09. The monoisotopic (exact) mass is 191 g/mol. The van der Waals surface area contributed by atoms with Gasteiger partial charge in [0, 0.05) is 0 Å². The van der Waals surface area contributed by atoms with Crippen LogP contribution in [0.25, 0.3) is 0 Å². The molecule has 2 saturated carbocycles. The van der Waals surface area contributed by atoms with Crippen LogP contribution >= 0.6 is 0 Å². The van der Waals surface area contributed by atoms with Crippen molar-refractivity contribution in [1.82, 2.24) is 0 Å². The SMILES string of the molecule is CC1(C)CC(C)(C)C1(C#N)C1CCC1. The van der Waals surface area contributed by atoms with Crippen molar-refractivity contribution >= 4 is 0 Å². The van der Waals surface area contributed by atoms with Gasteiger partial charge in [-0.1, -0.05) is 34.1 Å². The molecule has 0 atom stereocenters. The maximum atomic E-state index is 9.59. The van der Waals surface area contributed by atoms with Gasteiger partial charge in [-0.15, -0.1) is 0 Å². The van der Waals surface area contributed by atoms with Gasteiger partial charge in [-0.3, -0.25) is 0 Å². The summed E-state index contributed by atoms with van der Waals surface area (Å²) < 4.78 is 0. The van der Waals surface area contributed by atoms with E-state index >= 15 is 0 Å². The lowest BCUT2D eigenvalue weighted by atomic mass is 9.33. The van der Waals surface area contributed by atoms with E-state index in [1.807, 2.05) is 0 Å². The Morgan fingerprint density at radius 2 is 1.57 bits per heavy atom. The number of nitriles is 1. The molecule has 0 spiro atoms. The highest BCUT2D eigenvalue weighted by Gasteiger charge is 2.69.